The molecule has 2 atom stereocenters. The Labute approximate surface area is 123 Å². The summed E-state index contributed by atoms with van der Waals surface area (Å²) in [5.41, 5.74) is 1.13. The van der Waals surface area contributed by atoms with Gasteiger partial charge in [-0.05, 0) is 31.0 Å². The maximum absolute atomic E-state index is 6.01. The first kappa shape index (κ1) is 14.7. The first-order valence-corrected chi connectivity index (χ1v) is 7.79. The lowest BCUT2D eigenvalue weighted by Gasteiger charge is -2.21. The van der Waals surface area contributed by atoms with Gasteiger partial charge in [0.15, 0.2) is 11.5 Å². The van der Waals surface area contributed by atoms with Crippen molar-refractivity contribution < 1.29 is 14.2 Å². The molecule has 1 aliphatic rings. The molecule has 1 aliphatic heterocycles. The number of rotatable bonds is 7. The summed E-state index contributed by atoms with van der Waals surface area (Å²) in [5.74, 6) is 1.63. The van der Waals surface area contributed by atoms with Crippen LogP contribution in [-0.4, -0.2) is 18.2 Å². The zero-order valence-corrected chi connectivity index (χ0v) is 13.1. The molecule has 0 saturated heterocycles. The summed E-state index contributed by atoms with van der Waals surface area (Å²) in [6.45, 7) is 5.41. The van der Waals surface area contributed by atoms with E-state index >= 15 is 0 Å². The third-order valence-electron chi connectivity index (χ3n) is 3.19. The average Bonchev–Trinajstić information content (AvgIpc) is 2.85. The molecule has 0 fully saturated rings. The lowest BCUT2D eigenvalue weighted by molar-refractivity contribution is 0.0523. The van der Waals surface area contributed by atoms with E-state index < -0.39 is 0 Å². The van der Waals surface area contributed by atoms with Crippen LogP contribution in [0.5, 0.6) is 11.5 Å². The highest BCUT2D eigenvalue weighted by molar-refractivity contribution is 9.09. The van der Waals surface area contributed by atoms with Crippen LogP contribution in [-0.2, 0) is 4.74 Å². The van der Waals surface area contributed by atoms with Crippen molar-refractivity contribution >= 4 is 15.9 Å². The van der Waals surface area contributed by atoms with Crippen LogP contribution in [0.25, 0.3) is 0 Å². The van der Waals surface area contributed by atoms with Gasteiger partial charge in [0.2, 0.25) is 6.79 Å². The highest BCUT2D eigenvalue weighted by Gasteiger charge is 2.21. The number of unbranched alkanes of at least 4 members (excludes halogenated alkanes) is 2. The lowest BCUT2D eigenvalue weighted by atomic mass is 10.1. The van der Waals surface area contributed by atoms with E-state index in [-0.39, 0.29) is 10.9 Å². The fraction of sp³-hybridized carbons (Fsp3) is 0.600. The summed E-state index contributed by atoms with van der Waals surface area (Å²) in [4.78, 5) is 0.259. The number of hydrogen-bond donors (Lipinski definition) is 0. The monoisotopic (exact) mass is 328 g/mol. The summed E-state index contributed by atoms with van der Waals surface area (Å²) in [6.07, 6.45) is 3.58. The smallest absolute Gasteiger partial charge is 0.231 e. The van der Waals surface area contributed by atoms with Gasteiger partial charge in [0, 0.05) is 11.4 Å². The molecule has 106 valence electrons. The maximum Gasteiger partial charge on any atom is 0.231 e. The van der Waals surface area contributed by atoms with Gasteiger partial charge < -0.3 is 14.2 Å². The molecule has 0 N–H and O–H groups in total. The molecule has 0 spiro atoms. The van der Waals surface area contributed by atoms with E-state index in [1.165, 1.54) is 12.8 Å². The molecule has 19 heavy (non-hydrogen) atoms. The molecule has 0 amide bonds. The molecule has 2 rings (SSSR count). The van der Waals surface area contributed by atoms with Crippen molar-refractivity contribution in [1.29, 1.82) is 0 Å². The zero-order valence-electron chi connectivity index (χ0n) is 11.5. The van der Waals surface area contributed by atoms with Crippen molar-refractivity contribution in [3.63, 3.8) is 0 Å². The Morgan fingerprint density at radius 3 is 2.79 bits per heavy atom. The molecule has 0 bridgehead atoms. The minimum absolute atomic E-state index is 0.0476. The molecule has 4 heteroatoms. The van der Waals surface area contributed by atoms with E-state index in [1.807, 2.05) is 12.1 Å². The van der Waals surface area contributed by atoms with Crippen molar-refractivity contribution in [2.45, 2.75) is 44.0 Å². The highest BCUT2D eigenvalue weighted by atomic mass is 79.9. The number of halogens is 1. The normalized spacial score (nSPS) is 16.4. The second kappa shape index (κ2) is 7.15. The Balaban J connectivity index is 2.02. The summed E-state index contributed by atoms with van der Waals surface area (Å²) in [5, 5.41) is 0. The topological polar surface area (TPSA) is 27.7 Å². The van der Waals surface area contributed by atoms with Crippen molar-refractivity contribution in [3.8, 4) is 11.5 Å². The van der Waals surface area contributed by atoms with Crippen LogP contribution in [0.1, 0.15) is 44.8 Å². The quantitative estimate of drug-likeness (QED) is 0.546. The minimum Gasteiger partial charge on any atom is -0.454 e. The predicted octanol–water partition coefficient (Wildman–Crippen LogP) is 4.45. The molecule has 1 heterocycles. The van der Waals surface area contributed by atoms with E-state index in [4.69, 9.17) is 14.2 Å². The summed E-state index contributed by atoms with van der Waals surface area (Å²) >= 11 is 3.63. The molecule has 3 nitrogen and oxygen atoms in total. The van der Waals surface area contributed by atoms with Crippen LogP contribution in [0, 0.1) is 0 Å². The molecule has 1 aromatic rings. The second-order valence-electron chi connectivity index (χ2n) is 4.79. The molecular weight excluding hydrogens is 308 g/mol. The van der Waals surface area contributed by atoms with Gasteiger partial charge in [-0.1, -0.05) is 41.8 Å². The van der Waals surface area contributed by atoms with Gasteiger partial charge in [-0.3, -0.25) is 0 Å². The third kappa shape index (κ3) is 3.86. The van der Waals surface area contributed by atoms with Crippen molar-refractivity contribution in [1.82, 2.24) is 0 Å². The van der Waals surface area contributed by atoms with Gasteiger partial charge in [0.1, 0.15) is 0 Å². The standard InChI is InChI=1S/C15H21BrO3/c1-3-4-5-8-17-15(11(2)16)12-6-7-13-14(9-12)19-10-18-13/h6-7,9,11,15H,3-5,8,10H2,1-2H3/t11-,15-/m0/s1. The van der Waals surface area contributed by atoms with Crippen molar-refractivity contribution in [2.24, 2.45) is 0 Å². The SMILES string of the molecule is CCCCCO[C@H](c1ccc2c(c1)OCO2)[C@H](C)Br. The lowest BCUT2D eigenvalue weighted by Crippen LogP contribution is -2.14. The van der Waals surface area contributed by atoms with Crippen LogP contribution >= 0.6 is 15.9 Å². The largest absolute Gasteiger partial charge is 0.454 e. The summed E-state index contributed by atoms with van der Waals surface area (Å²) in [6, 6.07) is 6.02. The van der Waals surface area contributed by atoms with Gasteiger partial charge in [-0.15, -0.1) is 0 Å². The van der Waals surface area contributed by atoms with Crippen molar-refractivity contribution in [3.05, 3.63) is 23.8 Å². The van der Waals surface area contributed by atoms with Crippen LogP contribution in [0.4, 0.5) is 0 Å². The number of hydrogen-bond acceptors (Lipinski definition) is 3. The minimum atomic E-state index is 0.0476. The zero-order chi connectivity index (χ0) is 13.7. The maximum atomic E-state index is 6.01. The van der Waals surface area contributed by atoms with Crippen LogP contribution in [0.3, 0.4) is 0 Å². The highest BCUT2D eigenvalue weighted by Crippen LogP contribution is 2.36. The molecule has 0 unspecified atom stereocenters. The van der Waals surface area contributed by atoms with Gasteiger partial charge in [0.25, 0.3) is 0 Å². The van der Waals surface area contributed by atoms with Crippen LogP contribution in [0.2, 0.25) is 0 Å². The van der Waals surface area contributed by atoms with E-state index in [9.17, 15) is 0 Å². The fourth-order valence-corrected chi connectivity index (χ4v) is 2.60. The van der Waals surface area contributed by atoms with E-state index in [2.05, 4.69) is 35.8 Å². The first-order chi connectivity index (χ1) is 9.22. The van der Waals surface area contributed by atoms with E-state index in [1.54, 1.807) is 0 Å². The molecule has 0 aliphatic carbocycles. The number of ether oxygens (including phenoxy) is 3. The molecule has 0 radical (unpaired) electrons. The van der Waals surface area contributed by atoms with Crippen LogP contribution in [0.15, 0.2) is 18.2 Å². The number of alkyl halides is 1. The predicted molar refractivity (Wildman–Crippen MR) is 79.2 cm³/mol. The Morgan fingerprint density at radius 1 is 1.26 bits per heavy atom. The van der Waals surface area contributed by atoms with Gasteiger partial charge in [-0.25, -0.2) is 0 Å². The Morgan fingerprint density at radius 2 is 2.05 bits per heavy atom. The van der Waals surface area contributed by atoms with E-state index in [0.29, 0.717) is 6.79 Å². The second-order valence-corrected chi connectivity index (χ2v) is 6.23. The van der Waals surface area contributed by atoms with Gasteiger partial charge >= 0.3 is 0 Å². The third-order valence-corrected chi connectivity index (χ3v) is 3.67. The summed E-state index contributed by atoms with van der Waals surface area (Å²) in [7, 11) is 0. The Bertz CT molecular complexity index is 406. The van der Waals surface area contributed by atoms with Crippen LogP contribution < -0.4 is 9.47 Å². The van der Waals surface area contributed by atoms with E-state index in [0.717, 1.165) is 30.1 Å². The Kier molecular flexibility index (Phi) is 5.52. The number of benzene rings is 1. The fourth-order valence-electron chi connectivity index (χ4n) is 2.15. The molecule has 0 saturated carbocycles. The molecular formula is C15H21BrO3. The molecule has 1 aromatic carbocycles. The molecule has 0 aromatic heterocycles. The summed E-state index contributed by atoms with van der Waals surface area (Å²) < 4.78 is 16.8. The first-order valence-electron chi connectivity index (χ1n) is 6.87. The Hall–Kier alpha value is -0.740. The average molecular weight is 329 g/mol. The van der Waals surface area contributed by atoms with Gasteiger partial charge in [-0.2, -0.15) is 0 Å². The van der Waals surface area contributed by atoms with Crippen molar-refractivity contribution in [2.75, 3.05) is 13.4 Å². The van der Waals surface area contributed by atoms with Gasteiger partial charge in [0.05, 0.1) is 6.10 Å². The number of fused-ring (bicyclic) bond motifs is 1.